The van der Waals surface area contributed by atoms with Gasteiger partial charge in [0.1, 0.15) is 5.60 Å². The SMILES string of the molecule is CN1c2ccc(C#CCc3ccccc3)cc2C(=O)N(Cc2ccc(C(=O)OC(C)(C)C)cc2)S1=O. The molecule has 36 heavy (non-hydrogen) atoms. The van der Waals surface area contributed by atoms with E-state index >= 15 is 0 Å². The van der Waals surface area contributed by atoms with Crippen LogP contribution in [0.25, 0.3) is 0 Å². The van der Waals surface area contributed by atoms with Crippen LogP contribution in [0, 0.1) is 11.8 Å². The lowest BCUT2D eigenvalue weighted by molar-refractivity contribution is 0.00693. The van der Waals surface area contributed by atoms with Crippen molar-refractivity contribution in [3.8, 4) is 11.8 Å². The first-order chi connectivity index (χ1) is 17.1. The zero-order chi connectivity index (χ0) is 25.9. The Kier molecular flexibility index (Phi) is 7.27. The first kappa shape index (κ1) is 25.2. The molecule has 0 aliphatic carbocycles. The van der Waals surface area contributed by atoms with E-state index in [1.165, 1.54) is 4.31 Å². The van der Waals surface area contributed by atoms with Gasteiger partial charge in [-0.2, -0.15) is 0 Å². The van der Waals surface area contributed by atoms with Crippen molar-refractivity contribution < 1.29 is 18.5 Å². The fraction of sp³-hybridized carbons (Fsp3) is 0.241. The highest BCUT2D eigenvalue weighted by Gasteiger charge is 2.34. The van der Waals surface area contributed by atoms with Gasteiger partial charge >= 0.3 is 5.97 Å². The second kappa shape index (κ2) is 10.4. The molecular weight excluding hydrogens is 472 g/mol. The lowest BCUT2D eigenvalue weighted by Gasteiger charge is -2.33. The smallest absolute Gasteiger partial charge is 0.338 e. The quantitative estimate of drug-likeness (QED) is 0.377. The third-order valence-corrected chi connectivity index (χ3v) is 6.84. The largest absolute Gasteiger partial charge is 0.456 e. The molecule has 6 nitrogen and oxygen atoms in total. The van der Waals surface area contributed by atoms with Gasteiger partial charge in [-0.25, -0.2) is 13.3 Å². The molecule has 3 aromatic rings. The number of fused-ring (bicyclic) bond motifs is 1. The Hall–Kier alpha value is -3.89. The molecule has 0 bridgehead atoms. The van der Waals surface area contributed by atoms with Crippen molar-refractivity contribution >= 4 is 28.7 Å². The molecule has 0 spiro atoms. The molecule has 1 atom stereocenters. The van der Waals surface area contributed by atoms with Crippen LogP contribution in [0.5, 0.6) is 0 Å². The first-order valence-corrected chi connectivity index (χ1v) is 12.7. The summed E-state index contributed by atoms with van der Waals surface area (Å²) in [6, 6.07) is 22.1. The Morgan fingerprint density at radius 1 is 0.972 bits per heavy atom. The van der Waals surface area contributed by atoms with Crippen molar-refractivity contribution in [2.75, 3.05) is 11.4 Å². The van der Waals surface area contributed by atoms with Gasteiger partial charge in [-0.3, -0.25) is 9.10 Å². The highest BCUT2D eigenvalue weighted by molar-refractivity contribution is 7.84. The van der Waals surface area contributed by atoms with Crippen LogP contribution in [-0.4, -0.2) is 33.0 Å². The number of ether oxygens (including phenoxy) is 1. The van der Waals surface area contributed by atoms with E-state index in [1.807, 2.05) is 57.2 Å². The van der Waals surface area contributed by atoms with Crippen LogP contribution < -0.4 is 4.31 Å². The van der Waals surface area contributed by atoms with E-state index in [1.54, 1.807) is 47.8 Å². The topological polar surface area (TPSA) is 66.9 Å². The van der Waals surface area contributed by atoms with E-state index in [4.69, 9.17) is 4.74 Å². The predicted molar refractivity (Wildman–Crippen MR) is 141 cm³/mol. The second-order valence-electron chi connectivity index (χ2n) is 9.46. The number of esters is 1. The molecular formula is C29H28N2O4S. The molecule has 0 radical (unpaired) electrons. The zero-order valence-corrected chi connectivity index (χ0v) is 21.6. The molecule has 4 rings (SSSR count). The molecule has 0 saturated carbocycles. The van der Waals surface area contributed by atoms with Crippen molar-refractivity contribution in [3.63, 3.8) is 0 Å². The van der Waals surface area contributed by atoms with E-state index in [0.29, 0.717) is 23.2 Å². The highest BCUT2D eigenvalue weighted by Crippen LogP contribution is 2.31. The number of carbonyl (C=O) groups is 2. The maximum Gasteiger partial charge on any atom is 0.338 e. The van der Waals surface area contributed by atoms with E-state index in [9.17, 15) is 13.8 Å². The molecule has 1 unspecified atom stereocenters. The van der Waals surface area contributed by atoms with Crippen molar-refractivity contribution in [3.05, 3.63) is 101 Å². The van der Waals surface area contributed by atoms with Crippen molar-refractivity contribution in [2.45, 2.75) is 39.3 Å². The number of hydrogen-bond donors (Lipinski definition) is 0. The van der Waals surface area contributed by atoms with E-state index in [-0.39, 0.29) is 12.5 Å². The number of anilines is 1. The van der Waals surface area contributed by atoms with E-state index < -0.39 is 22.7 Å². The summed E-state index contributed by atoms with van der Waals surface area (Å²) >= 11 is -1.69. The Bertz CT molecular complexity index is 1370. The number of benzene rings is 3. The van der Waals surface area contributed by atoms with Crippen LogP contribution in [0.1, 0.15) is 58.2 Å². The number of carbonyl (C=O) groups excluding carboxylic acids is 2. The molecule has 0 saturated heterocycles. The van der Waals surface area contributed by atoms with Crippen molar-refractivity contribution in [2.24, 2.45) is 0 Å². The number of amides is 1. The maximum atomic E-state index is 13.3. The van der Waals surface area contributed by atoms with Gasteiger partial charge < -0.3 is 4.74 Å². The minimum absolute atomic E-state index is 0.133. The molecule has 1 aliphatic heterocycles. The number of nitrogens with zero attached hydrogens (tertiary/aromatic N) is 2. The first-order valence-electron chi connectivity index (χ1n) is 11.6. The van der Waals surface area contributed by atoms with Crippen LogP contribution in [-0.2, 0) is 28.9 Å². The summed E-state index contributed by atoms with van der Waals surface area (Å²) < 4.78 is 21.4. The summed E-state index contributed by atoms with van der Waals surface area (Å²) in [5, 5.41) is 0. The molecule has 1 amide bonds. The molecule has 184 valence electrons. The van der Waals surface area contributed by atoms with Crippen molar-refractivity contribution in [1.29, 1.82) is 0 Å². The van der Waals surface area contributed by atoms with Crippen LogP contribution in [0.15, 0.2) is 72.8 Å². The fourth-order valence-electron chi connectivity index (χ4n) is 3.72. The van der Waals surface area contributed by atoms with Gasteiger partial charge in [0.05, 0.1) is 23.4 Å². The van der Waals surface area contributed by atoms with E-state index in [0.717, 1.165) is 16.7 Å². The fourth-order valence-corrected chi connectivity index (χ4v) is 4.84. The molecule has 1 heterocycles. The summed E-state index contributed by atoms with van der Waals surface area (Å²) in [5.41, 5.74) is 3.48. The van der Waals surface area contributed by atoms with E-state index in [2.05, 4.69) is 11.8 Å². The summed E-state index contributed by atoms with van der Waals surface area (Å²) in [5.74, 6) is 5.54. The van der Waals surface area contributed by atoms with Crippen LogP contribution in [0.2, 0.25) is 0 Å². The van der Waals surface area contributed by atoms with Gasteiger partial charge in [-0.1, -0.05) is 54.3 Å². The third-order valence-electron chi connectivity index (χ3n) is 5.50. The molecule has 1 aliphatic rings. The average molecular weight is 501 g/mol. The maximum absolute atomic E-state index is 13.3. The molecule has 3 aromatic carbocycles. The van der Waals surface area contributed by atoms with Gasteiger partial charge in [0.2, 0.25) is 11.2 Å². The monoisotopic (exact) mass is 500 g/mol. The standard InChI is InChI=1S/C29H28N2O4S/c1-29(2,3)35-28(33)24-16-13-23(14-17-24)20-31-27(32)25-19-22(15-18-26(25)30(4)36(31)34)12-8-11-21-9-6-5-7-10-21/h5-7,9-10,13-19H,11,20H2,1-4H3. The van der Waals surface area contributed by atoms with Crippen LogP contribution in [0.4, 0.5) is 5.69 Å². The summed E-state index contributed by atoms with van der Waals surface area (Å²) in [6.07, 6.45) is 0.612. The summed E-state index contributed by atoms with van der Waals surface area (Å²) in [4.78, 5) is 25.6. The van der Waals surface area contributed by atoms with Gasteiger partial charge in [-0.15, -0.1) is 0 Å². The summed E-state index contributed by atoms with van der Waals surface area (Å²) in [6.45, 7) is 5.56. The average Bonchev–Trinajstić information content (AvgIpc) is 2.85. The third kappa shape index (κ3) is 5.84. The molecule has 7 heteroatoms. The van der Waals surface area contributed by atoms with Gasteiger partial charge in [0.15, 0.2) is 0 Å². The lowest BCUT2D eigenvalue weighted by atomic mass is 10.1. The molecule has 0 aromatic heterocycles. The number of rotatable bonds is 4. The molecule has 0 N–H and O–H groups in total. The van der Waals surface area contributed by atoms with Gasteiger partial charge in [0, 0.05) is 19.0 Å². The van der Waals surface area contributed by atoms with Crippen LogP contribution in [0.3, 0.4) is 0 Å². The zero-order valence-electron chi connectivity index (χ0n) is 20.8. The van der Waals surface area contributed by atoms with Crippen molar-refractivity contribution in [1.82, 2.24) is 4.31 Å². The lowest BCUT2D eigenvalue weighted by Crippen LogP contribution is -2.45. The normalized spacial score (nSPS) is 15.1. The highest BCUT2D eigenvalue weighted by atomic mass is 32.2. The minimum atomic E-state index is -1.69. The summed E-state index contributed by atoms with van der Waals surface area (Å²) in [7, 11) is 1.70. The molecule has 0 fully saturated rings. The second-order valence-corrected chi connectivity index (χ2v) is 10.9. The van der Waals surface area contributed by atoms with Crippen LogP contribution >= 0.6 is 0 Å². The Balaban J connectivity index is 1.52. The Morgan fingerprint density at radius 2 is 1.67 bits per heavy atom. The van der Waals surface area contributed by atoms with Gasteiger partial charge in [-0.05, 0) is 62.2 Å². The predicted octanol–water partition coefficient (Wildman–Crippen LogP) is 4.91. The number of hydrogen-bond acceptors (Lipinski definition) is 4. The Morgan fingerprint density at radius 3 is 2.33 bits per heavy atom. The Labute approximate surface area is 214 Å². The minimum Gasteiger partial charge on any atom is -0.456 e. The van der Waals surface area contributed by atoms with Gasteiger partial charge in [0.25, 0.3) is 5.91 Å².